The molecule has 0 amide bonds. The lowest BCUT2D eigenvalue weighted by Crippen LogP contribution is -1.99. The summed E-state index contributed by atoms with van der Waals surface area (Å²) in [4.78, 5) is 0. The fourth-order valence-corrected chi connectivity index (χ4v) is 1.50. The van der Waals surface area contributed by atoms with Crippen LogP contribution >= 0.6 is 0 Å². The third-order valence-electron chi connectivity index (χ3n) is 2.49. The first kappa shape index (κ1) is 12.8. The normalized spacial score (nSPS) is 12.2. The van der Waals surface area contributed by atoms with Crippen molar-refractivity contribution in [1.82, 2.24) is 0 Å². The summed E-state index contributed by atoms with van der Waals surface area (Å²) >= 11 is 0. The molecule has 0 heterocycles. The molecule has 0 fully saturated rings. The highest BCUT2D eigenvalue weighted by atomic mass is 16.5. The van der Waals surface area contributed by atoms with E-state index in [4.69, 9.17) is 4.74 Å². The molecular weight excluding hydrogens is 200 g/mol. The van der Waals surface area contributed by atoms with Crippen molar-refractivity contribution in [2.75, 3.05) is 6.61 Å². The molecule has 0 saturated heterocycles. The van der Waals surface area contributed by atoms with Crippen molar-refractivity contribution in [2.24, 2.45) is 0 Å². The van der Waals surface area contributed by atoms with Gasteiger partial charge in [0, 0.05) is 0 Å². The highest BCUT2D eigenvalue weighted by molar-refractivity contribution is 5.36. The monoisotopic (exact) mass is 220 g/mol. The van der Waals surface area contributed by atoms with E-state index in [-0.39, 0.29) is 0 Å². The predicted octanol–water partition coefficient (Wildman–Crippen LogP) is 3.39. The molecule has 0 bridgehead atoms. The van der Waals surface area contributed by atoms with Crippen molar-refractivity contribution in [3.8, 4) is 5.75 Å². The van der Waals surface area contributed by atoms with Crippen LogP contribution in [-0.4, -0.2) is 11.7 Å². The lowest BCUT2D eigenvalue weighted by Gasteiger charge is -2.11. The van der Waals surface area contributed by atoms with E-state index in [2.05, 4.69) is 6.58 Å². The summed E-state index contributed by atoms with van der Waals surface area (Å²) in [7, 11) is 0. The zero-order chi connectivity index (χ0) is 12.0. The molecule has 0 radical (unpaired) electrons. The van der Waals surface area contributed by atoms with Crippen LogP contribution in [0.3, 0.4) is 0 Å². The van der Waals surface area contributed by atoms with Crippen molar-refractivity contribution in [3.05, 3.63) is 42.0 Å². The minimum atomic E-state index is -0.423. The van der Waals surface area contributed by atoms with Gasteiger partial charge in [-0.2, -0.15) is 0 Å². The maximum Gasteiger partial charge on any atom is 0.122 e. The molecule has 1 aromatic rings. The van der Waals surface area contributed by atoms with Crippen LogP contribution in [0.2, 0.25) is 0 Å². The van der Waals surface area contributed by atoms with E-state index < -0.39 is 6.10 Å². The Labute approximate surface area is 97.6 Å². The fraction of sp³-hybridized carbons (Fsp3) is 0.429. The van der Waals surface area contributed by atoms with E-state index in [0.717, 1.165) is 29.7 Å². The highest BCUT2D eigenvalue weighted by Gasteiger charge is 2.04. The Balaban J connectivity index is 2.57. The largest absolute Gasteiger partial charge is 0.493 e. The number of aryl methyl sites for hydroxylation is 1. The van der Waals surface area contributed by atoms with Gasteiger partial charge in [-0.1, -0.05) is 12.1 Å². The lowest BCUT2D eigenvalue weighted by molar-refractivity contribution is 0.199. The fourth-order valence-electron chi connectivity index (χ4n) is 1.50. The minimum Gasteiger partial charge on any atom is -0.493 e. The quantitative estimate of drug-likeness (QED) is 0.588. The first-order chi connectivity index (χ1) is 7.65. The SMILES string of the molecule is C=CCCCOc1ccc(C(C)O)cc1C. The summed E-state index contributed by atoms with van der Waals surface area (Å²) in [5, 5.41) is 9.43. The molecule has 2 heteroatoms. The smallest absolute Gasteiger partial charge is 0.122 e. The van der Waals surface area contributed by atoms with E-state index in [1.54, 1.807) is 6.92 Å². The van der Waals surface area contributed by atoms with Gasteiger partial charge >= 0.3 is 0 Å². The van der Waals surface area contributed by atoms with Gasteiger partial charge in [-0.3, -0.25) is 0 Å². The molecule has 88 valence electrons. The molecule has 0 spiro atoms. The van der Waals surface area contributed by atoms with Crippen LogP contribution in [0.5, 0.6) is 5.75 Å². The van der Waals surface area contributed by atoms with E-state index in [9.17, 15) is 5.11 Å². The van der Waals surface area contributed by atoms with Crippen LogP contribution < -0.4 is 4.74 Å². The number of aliphatic hydroxyl groups is 1. The van der Waals surface area contributed by atoms with E-state index in [0.29, 0.717) is 6.61 Å². The van der Waals surface area contributed by atoms with Crippen LogP contribution in [0, 0.1) is 6.92 Å². The predicted molar refractivity (Wildman–Crippen MR) is 66.7 cm³/mol. The average Bonchev–Trinajstić information content (AvgIpc) is 2.26. The Morgan fingerprint density at radius 2 is 2.25 bits per heavy atom. The van der Waals surface area contributed by atoms with Crippen LogP contribution in [0.4, 0.5) is 0 Å². The zero-order valence-electron chi connectivity index (χ0n) is 10.1. The molecule has 2 nitrogen and oxygen atoms in total. The first-order valence-electron chi connectivity index (χ1n) is 5.67. The number of benzene rings is 1. The average molecular weight is 220 g/mol. The number of allylic oxidation sites excluding steroid dienone is 1. The second kappa shape index (κ2) is 6.33. The van der Waals surface area contributed by atoms with Crippen molar-refractivity contribution in [1.29, 1.82) is 0 Å². The Morgan fingerprint density at radius 1 is 1.50 bits per heavy atom. The highest BCUT2D eigenvalue weighted by Crippen LogP contribution is 2.22. The van der Waals surface area contributed by atoms with E-state index in [1.807, 2.05) is 31.2 Å². The van der Waals surface area contributed by atoms with Gasteiger partial charge in [-0.05, 0) is 49.9 Å². The summed E-state index contributed by atoms with van der Waals surface area (Å²) in [6, 6.07) is 5.79. The molecule has 0 saturated carbocycles. The molecule has 1 N–H and O–H groups in total. The number of hydrogen-bond donors (Lipinski definition) is 1. The summed E-state index contributed by atoms with van der Waals surface area (Å²) in [5.41, 5.74) is 1.99. The van der Waals surface area contributed by atoms with Crippen LogP contribution in [0.1, 0.15) is 37.0 Å². The van der Waals surface area contributed by atoms with Gasteiger partial charge in [0.15, 0.2) is 0 Å². The lowest BCUT2D eigenvalue weighted by atomic mass is 10.1. The molecule has 1 aromatic carbocycles. The van der Waals surface area contributed by atoms with Crippen LogP contribution in [0.25, 0.3) is 0 Å². The number of rotatable bonds is 6. The van der Waals surface area contributed by atoms with Crippen molar-refractivity contribution >= 4 is 0 Å². The molecule has 0 aliphatic heterocycles. The van der Waals surface area contributed by atoms with Crippen LogP contribution in [0.15, 0.2) is 30.9 Å². The van der Waals surface area contributed by atoms with Gasteiger partial charge in [0.05, 0.1) is 12.7 Å². The second-order valence-corrected chi connectivity index (χ2v) is 3.98. The Bertz CT molecular complexity index is 343. The molecular formula is C14H20O2. The number of ether oxygens (including phenoxy) is 1. The van der Waals surface area contributed by atoms with Crippen molar-refractivity contribution < 1.29 is 9.84 Å². The van der Waals surface area contributed by atoms with E-state index >= 15 is 0 Å². The van der Waals surface area contributed by atoms with Gasteiger partial charge in [-0.25, -0.2) is 0 Å². The molecule has 1 rings (SSSR count). The third kappa shape index (κ3) is 3.70. The molecule has 0 aliphatic rings. The zero-order valence-corrected chi connectivity index (χ0v) is 10.1. The Kier molecular flexibility index (Phi) is 5.06. The first-order valence-corrected chi connectivity index (χ1v) is 5.67. The molecule has 0 aliphatic carbocycles. The van der Waals surface area contributed by atoms with Crippen molar-refractivity contribution in [2.45, 2.75) is 32.8 Å². The summed E-state index contributed by atoms with van der Waals surface area (Å²) in [6.07, 6.45) is 3.44. The summed E-state index contributed by atoms with van der Waals surface area (Å²) in [5.74, 6) is 0.897. The number of aliphatic hydroxyl groups excluding tert-OH is 1. The Hall–Kier alpha value is -1.28. The van der Waals surface area contributed by atoms with Gasteiger partial charge < -0.3 is 9.84 Å². The molecule has 16 heavy (non-hydrogen) atoms. The van der Waals surface area contributed by atoms with Crippen molar-refractivity contribution in [3.63, 3.8) is 0 Å². The summed E-state index contributed by atoms with van der Waals surface area (Å²) < 4.78 is 5.64. The maximum absolute atomic E-state index is 9.43. The maximum atomic E-state index is 9.43. The summed E-state index contributed by atoms with van der Waals surface area (Å²) in [6.45, 7) is 8.14. The molecule has 1 unspecified atom stereocenters. The number of unbranched alkanes of at least 4 members (excludes halogenated alkanes) is 1. The third-order valence-corrected chi connectivity index (χ3v) is 2.49. The van der Waals surface area contributed by atoms with E-state index in [1.165, 1.54) is 0 Å². The topological polar surface area (TPSA) is 29.5 Å². The van der Waals surface area contributed by atoms with Gasteiger partial charge in [0.1, 0.15) is 5.75 Å². The van der Waals surface area contributed by atoms with Crippen LogP contribution in [-0.2, 0) is 0 Å². The van der Waals surface area contributed by atoms with Gasteiger partial charge in [-0.15, -0.1) is 6.58 Å². The Morgan fingerprint density at radius 3 is 2.81 bits per heavy atom. The van der Waals surface area contributed by atoms with Gasteiger partial charge in [0.25, 0.3) is 0 Å². The molecule has 0 aromatic heterocycles. The minimum absolute atomic E-state index is 0.423. The standard InChI is InChI=1S/C14H20O2/c1-4-5-6-9-16-14-8-7-13(12(3)15)10-11(14)2/h4,7-8,10,12,15H,1,5-6,9H2,2-3H3. The molecule has 1 atom stereocenters. The second-order valence-electron chi connectivity index (χ2n) is 3.98. The number of hydrogen-bond acceptors (Lipinski definition) is 2. The van der Waals surface area contributed by atoms with Gasteiger partial charge in [0.2, 0.25) is 0 Å².